The van der Waals surface area contributed by atoms with Gasteiger partial charge in [0.2, 0.25) is 0 Å². The van der Waals surface area contributed by atoms with E-state index in [1.807, 2.05) is 11.9 Å². The van der Waals surface area contributed by atoms with E-state index in [2.05, 4.69) is 25.5 Å². The molecule has 0 radical (unpaired) electrons. The van der Waals surface area contributed by atoms with Crippen LogP contribution in [0.25, 0.3) is 0 Å². The number of amides is 3. The number of hydrogen-bond donors (Lipinski definition) is 3. The molecule has 3 amide bonds. The maximum atomic E-state index is 13.9. The van der Waals surface area contributed by atoms with E-state index >= 15 is 0 Å². The van der Waals surface area contributed by atoms with Gasteiger partial charge in [-0.3, -0.25) is 14.6 Å². The number of piperazine rings is 1. The molecule has 2 heterocycles. The molecular formula is C27H31F3N8O2. The Kier molecular flexibility index (Phi) is 8.55. The Morgan fingerprint density at radius 2 is 1.75 bits per heavy atom. The molecule has 0 saturated carbocycles. The summed E-state index contributed by atoms with van der Waals surface area (Å²) in [5, 5.41) is 5.26. The topological polar surface area (TPSA) is 120 Å². The van der Waals surface area contributed by atoms with Gasteiger partial charge in [-0.15, -0.1) is 0 Å². The zero-order valence-electron chi connectivity index (χ0n) is 22.4. The normalized spacial score (nSPS) is 14.6. The number of likely N-dealkylation sites (N-methyl/N-ethyl adjacent to an activating group) is 1. The lowest BCUT2D eigenvalue weighted by molar-refractivity contribution is -0.138. The van der Waals surface area contributed by atoms with E-state index in [0.717, 1.165) is 19.2 Å². The molecule has 4 N–H and O–H groups in total. The number of nitrogens with two attached hydrogens (primary N) is 1. The molecule has 1 fully saturated rings. The molecule has 13 heteroatoms. The quantitative estimate of drug-likeness (QED) is 0.419. The number of urea groups is 1. The molecule has 1 saturated heterocycles. The second kappa shape index (κ2) is 11.9. The minimum Gasteiger partial charge on any atom is -0.384 e. The number of alkyl halides is 3. The predicted octanol–water partition coefficient (Wildman–Crippen LogP) is 4.05. The molecule has 2 aromatic carbocycles. The minimum absolute atomic E-state index is 0.0201. The third-order valence-corrected chi connectivity index (χ3v) is 6.73. The number of nitrogens with zero attached hydrogens (tertiary/aromatic N) is 5. The number of carbonyl (C=O) groups excluding carboxylic acids is 2. The summed E-state index contributed by atoms with van der Waals surface area (Å²) >= 11 is 0. The second-order valence-electron chi connectivity index (χ2n) is 9.72. The number of carbonyl (C=O) groups is 2. The van der Waals surface area contributed by atoms with Crippen LogP contribution in [0.15, 0.2) is 48.8 Å². The lowest BCUT2D eigenvalue weighted by Gasteiger charge is -2.33. The van der Waals surface area contributed by atoms with E-state index < -0.39 is 23.7 Å². The Labute approximate surface area is 230 Å². The molecule has 1 aliphatic heterocycles. The fourth-order valence-electron chi connectivity index (χ4n) is 4.25. The average molecular weight is 557 g/mol. The van der Waals surface area contributed by atoms with Crippen LogP contribution in [0.3, 0.4) is 0 Å². The van der Waals surface area contributed by atoms with Crippen LogP contribution in [0.5, 0.6) is 0 Å². The summed E-state index contributed by atoms with van der Waals surface area (Å²) in [5.74, 6) is -0.152. The monoisotopic (exact) mass is 556 g/mol. The first-order valence-electron chi connectivity index (χ1n) is 12.6. The van der Waals surface area contributed by atoms with Crippen molar-refractivity contribution in [1.82, 2.24) is 19.8 Å². The fraction of sp³-hybridized carbons (Fsp3) is 0.333. The van der Waals surface area contributed by atoms with E-state index in [4.69, 9.17) is 5.73 Å². The summed E-state index contributed by atoms with van der Waals surface area (Å²) in [4.78, 5) is 38.9. The van der Waals surface area contributed by atoms with Gasteiger partial charge in [-0.1, -0.05) is 12.1 Å². The van der Waals surface area contributed by atoms with Gasteiger partial charge in [0.25, 0.3) is 5.91 Å². The molecule has 40 heavy (non-hydrogen) atoms. The molecule has 3 aromatic rings. The van der Waals surface area contributed by atoms with Crippen LogP contribution in [-0.2, 0) is 12.7 Å². The zero-order chi connectivity index (χ0) is 29.0. The Morgan fingerprint density at radius 1 is 1.02 bits per heavy atom. The van der Waals surface area contributed by atoms with Crippen LogP contribution in [0, 0.1) is 6.92 Å². The van der Waals surface area contributed by atoms with Gasteiger partial charge >= 0.3 is 12.2 Å². The molecule has 1 aliphatic rings. The van der Waals surface area contributed by atoms with Crippen LogP contribution in [0.1, 0.15) is 27.0 Å². The van der Waals surface area contributed by atoms with Crippen LogP contribution >= 0.6 is 0 Å². The molecule has 0 spiro atoms. The Balaban J connectivity index is 1.48. The maximum absolute atomic E-state index is 13.9. The van der Waals surface area contributed by atoms with Crippen molar-refractivity contribution in [3.63, 3.8) is 0 Å². The largest absolute Gasteiger partial charge is 0.416 e. The van der Waals surface area contributed by atoms with Crippen molar-refractivity contribution in [3.8, 4) is 0 Å². The van der Waals surface area contributed by atoms with Gasteiger partial charge < -0.3 is 21.3 Å². The number of aryl methyl sites for hydroxylation is 1. The summed E-state index contributed by atoms with van der Waals surface area (Å²) in [6.45, 7) is 4.87. The summed E-state index contributed by atoms with van der Waals surface area (Å²) in [6, 6.07) is 9.35. The first-order chi connectivity index (χ1) is 18.9. The van der Waals surface area contributed by atoms with E-state index in [1.165, 1.54) is 48.6 Å². The van der Waals surface area contributed by atoms with Crippen molar-refractivity contribution >= 4 is 34.9 Å². The summed E-state index contributed by atoms with van der Waals surface area (Å²) < 4.78 is 41.8. The van der Waals surface area contributed by atoms with Crippen LogP contribution in [0.2, 0.25) is 0 Å². The smallest absolute Gasteiger partial charge is 0.384 e. The zero-order valence-corrected chi connectivity index (χ0v) is 22.4. The predicted molar refractivity (Wildman–Crippen MR) is 147 cm³/mol. The standard InChI is InChI=1S/C27H31F3N8O2/c1-17-4-5-18(12-22(17)35-26(40)37(3)24-14-23(31)32-16-33-24)25(39)34-20-7-6-19(21(13-20)27(28,29)30)15-38-10-8-36(2)9-11-38/h4-7,12-14,16H,8-11,15H2,1-3H3,(H,34,39)(H,35,40)(H2,31,32,33). The lowest BCUT2D eigenvalue weighted by atomic mass is 10.0. The van der Waals surface area contributed by atoms with E-state index in [1.54, 1.807) is 13.0 Å². The first-order valence-corrected chi connectivity index (χ1v) is 12.6. The third kappa shape index (κ3) is 7.04. The highest BCUT2D eigenvalue weighted by Gasteiger charge is 2.34. The van der Waals surface area contributed by atoms with E-state index in [9.17, 15) is 22.8 Å². The van der Waals surface area contributed by atoms with Gasteiger partial charge in [0, 0.05) is 62.8 Å². The van der Waals surface area contributed by atoms with E-state index in [0.29, 0.717) is 24.3 Å². The van der Waals surface area contributed by atoms with Gasteiger partial charge in [0.05, 0.1) is 5.56 Å². The van der Waals surface area contributed by atoms with Crippen molar-refractivity contribution < 1.29 is 22.8 Å². The SMILES string of the molecule is Cc1ccc(C(=O)Nc2ccc(CN3CCN(C)CC3)c(C(F)(F)F)c2)cc1NC(=O)N(C)c1cc(N)ncn1. The average Bonchev–Trinajstić information content (AvgIpc) is 2.91. The van der Waals surface area contributed by atoms with E-state index in [-0.39, 0.29) is 35.0 Å². The highest BCUT2D eigenvalue weighted by Crippen LogP contribution is 2.35. The number of anilines is 4. The van der Waals surface area contributed by atoms with Crippen LogP contribution in [0.4, 0.5) is 41.0 Å². The van der Waals surface area contributed by atoms with Gasteiger partial charge in [-0.2, -0.15) is 13.2 Å². The van der Waals surface area contributed by atoms with Gasteiger partial charge in [-0.25, -0.2) is 14.8 Å². The van der Waals surface area contributed by atoms with Crippen molar-refractivity contribution in [2.24, 2.45) is 0 Å². The maximum Gasteiger partial charge on any atom is 0.416 e. The Morgan fingerprint density at radius 3 is 2.42 bits per heavy atom. The fourth-order valence-corrected chi connectivity index (χ4v) is 4.25. The molecule has 0 unspecified atom stereocenters. The van der Waals surface area contributed by atoms with Crippen molar-refractivity contribution in [2.75, 3.05) is 61.5 Å². The van der Waals surface area contributed by atoms with Crippen molar-refractivity contribution in [2.45, 2.75) is 19.6 Å². The highest BCUT2D eigenvalue weighted by atomic mass is 19.4. The second-order valence-corrected chi connectivity index (χ2v) is 9.72. The molecule has 4 rings (SSSR count). The first kappa shape index (κ1) is 28.8. The molecule has 1 aromatic heterocycles. The summed E-state index contributed by atoms with van der Waals surface area (Å²) in [5.41, 5.74) is 6.24. The van der Waals surface area contributed by atoms with Crippen LogP contribution in [-0.4, -0.2) is 72.0 Å². The number of nitrogen functional groups attached to an aromatic ring is 1. The summed E-state index contributed by atoms with van der Waals surface area (Å²) in [7, 11) is 3.48. The Bertz CT molecular complexity index is 1390. The number of hydrogen-bond acceptors (Lipinski definition) is 7. The third-order valence-electron chi connectivity index (χ3n) is 6.73. The minimum atomic E-state index is -4.58. The molecule has 10 nitrogen and oxygen atoms in total. The van der Waals surface area contributed by atoms with Gasteiger partial charge in [0.15, 0.2) is 0 Å². The number of benzene rings is 2. The number of aromatic nitrogens is 2. The van der Waals surface area contributed by atoms with Gasteiger partial charge in [-0.05, 0) is 49.4 Å². The molecular weight excluding hydrogens is 525 g/mol. The molecule has 0 bridgehead atoms. The molecule has 0 aliphatic carbocycles. The Hall–Kier alpha value is -4.23. The van der Waals surface area contributed by atoms with Crippen molar-refractivity contribution in [1.29, 1.82) is 0 Å². The van der Waals surface area contributed by atoms with Gasteiger partial charge in [0.1, 0.15) is 18.0 Å². The molecule has 212 valence electrons. The number of nitrogens with one attached hydrogen (secondary N) is 2. The molecule has 0 atom stereocenters. The van der Waals surface area contributed by atoms with Crippen molar-refractivity contribution in [3.05, 3.63) is 71.0 Å². The number of rotatable bonds is 6. The number of halogens is 3. The van der Waals surface area contributed by atoms with Crippen LogP contribution < -0.4 is 21.3 Å². The summed E-state index contributed by atoms with van der Waals surface area (Å²) in [6.07, 6.45) is -3.35. The highest BCUT2D eigenvalue weighted by molar-refractivity contribution is 6.06. The lowest BCUT2D eigenvalue weighted by Crippen LogP contribution is -2.44.